The van der Waals surface area contributed by atoms with Crippen LogP contribution < -0.4 is 10.1 Å². The van der Waals surface area contributed by atoms with Crippen molar-refractivity contribution in [3.63, 3.8) is 0 Å². The lowest BCUT2D eigenvalue weighted by atomic mass is 10.1. The number of hydrogen-bond acceptors (Lipinski definition) is 3. The fraction of sp³-hybridized carbons (Fsp3) is 0.0435. The first-order valence-electron chi connectivity index (χ1n) is 8.68. The zero-order valence-corrected chi connectivity index (χ0v) is 15.3. The van der Waals surface area contributed by atoms with Crippen molar-refractivity contribution >= 4 is 18.0 Å². The third-order valence-electron chi connectivity index (χ3n) is 4.03. The molecule has 5 heteroatoms. The van der Waals surface area contributed by atoms with Gasteiger partial charge in [0.15, 0.2) is 0 Å². The number of hydrogen-bond donors (Lipinski definition) is 2. The first kappa shape index (κ1) is 18.9. The Morgan fingerprint density at radius 1 is 0.893 bits per heavy atom. The molecule has 0 radical (unpaired) electrons. The molecule has 3 aromatic carbocycles. The van der Waals surface area contributed by atoms with E-state index in [1.807, 2.05) is 31.2 Å². The molecule has 5 nitrogen and oxygen atoms in total. The molecular weight excluding hydrogens is 354 g/mol. The van der Waals surface area contributed by atoms with Gasteiger partial charge < -0.3 is 15.2 Å². The summed E-state index contributed by atoms with van der Waals surface area (Å²) in [6.07, 6.45) is 1.40. The molecule has 0 aliphatic heterocycles. The van der Waals surface area contributed by atoms with E-state index in [0.717, 1.165) is 11.3 Å². The van der Waals surface area contributed by atoms with Crippen LogP contribution in [0.1, 0.15) is 21.5 Å². The van der Waals surface area contributed by atoms with E-state index in [2.05, 4.69) is 5.32 Å². The van der Waals surface area contributed by atoms with E-state index in [9.17, 15) is 14.7 Å². The minimum absolute atomic E-state index is 0.207. The highest BCUT2D eigenvalue weighted by molar-refractivity contribution is 6.02. The van der Waals surface area contributed by atoms with Gasteiger partial charge in [0.05, 0.1) is 0 Å². The molecule has 0 aliphatic rings. The molecule has 0 aromatic heterocycles. The van der Waals surface area contributed by atoms with E-state index in [4.69, 9.17) is 4.74 Å². The SMILES string of the molecule is Cc1ccccc1Oc1ccc(/C=C(\NC(=O)c2ccccc2)C(=O)O)cc1. The molecule has 0 aliphatic carbocycles. The first-order valence-corrected chi connectivity index (χ1v) is 8.68. The van der Waals surface area contributed by atoms with E-state index in [0.29, 0.717) is 16.9 Å². The predicted molar refractivity (Wildman–Crippen MR) is 107 cm³/mol. The van der Waals surface area contributed by atoms with E-state index in [-0.39, 0.29) is 5.70 Å². The van der Waals surface area contributed by atoms with Crippen LogP contribution in [0.2, 0.25) is 0 Å². The Bertz CT molecular complexity index is 1010. The zero-order valence-electron chi connectivity index (χ0n) is 15.3. The van der Waals surface area contributed by atoms with Crippen LogP contribution in [0.4, 0.5) is 0 Å². The minimum atomic E-state index is -1.22. The lowest BCUT2D eigenvalue weighted by Gasteiger charge is -2.09. The normalized spacial score (nSPS) is 11.0. The van der Waals surface area contributed by atoms with Crippen molar-refractivity contribution in [3.05, 3.63) is 101 Å². The van der Waals surface area contributed by atoms with Gasteiger partial charge in [0.25, 0.3) is 5.91 Å². The lowest BCUT2D eigenvalue weighted by molar-refractivity contribution is -0.132. The molecule has 0 saturated heterocycles. The topological polar surface area (TPSA) is 75.6 Å². The molecule has 0 unspecified atom stereocenters. The maximum absolute atomic E-state index is 12.2. The summed E-state index contributed by atoms with van der Waals surface area (Å²) in [5.74, 6) is -0.304. The highest BCUT2D eigenvalue weighted by Gasteiger charge is 2.13. The summed E-state index contributed by atoms with van der Waals surface area (Å²) in [5.41, 5.74) is 1.82. The number of carboxylic acid groups (broad SMARTS) is 1. The van der Waals surface area contributed by atoms with Crippen molar-refractivity contribution in [2.75, 3.05) is 0 Å². The van der Waals surface area contributed by atoms with Crippen molar-refractivity contribution in [1.29, 1.82) is 0 Å². The van der Waals surface area contributed by atoms with Crippen LogP contribution in [0.5, 0.6) is 11.5 Å². The number of aryl methyl sites for hydroxylation is 1. The molecule has 0 saturated carbocycles. The van der Waals surface area contributed by atoms with Crippen LogP contribution in [0.3, 0.4) is 0 Å². The van der Waals surface area contributed by atoms with Gasteiger partial charge in [0, 0.05) is 5.56 Å². The summed E-state index contributed by atoms with van der Waals surface area (Å²) < 4.78 is 5.83. The monoisotopic (exact) mass is 373 g/mol. The van der Waals surface area contributed by atoms with Gasteiger partial charge >= 0.3 is 5.97 Å². The molecule has 0 bridgehead atoms. The molecule has 0 atom stereocenters. The fourth-order valence-corrected chi connectivity index (χ4v) is 2.53. The summed E-state index contributed by atoms with van der Waals surface area (Å²) >= 11 is 0. The van der Waals surface area contributed by atoms with Gasteiger partial charge in [-0.2, -0.15) is 0 Å². The second-order valence-corrected chi connectivity index (χ2v) is 6.12. The number of carbonyl (C=O) groups excluding carboxylic acids is 1. The average molecular weight is 373 g/mol. The van der Waals surface area contributed by atoms with Crippen LogP contribution in [-0.4, -0.2) is 17.0 Å². The smallest absolute Gasteiger partial charge is 0.352 e. The van der Waals surface area contributed by atoms with Gasteiger partial charge in [0.1, 0.15) is 17.2 Å². The van der Waals surface area contributed by atoms with E-state index in [1.54, 1.807) is 54.6 Å². The van der Waals surface area contributed by atoms with Crippen LogP contribution >= 0.6 is 0 Å². The number of amides is 1. The van der Waals surface area contributed by atoms with Crippen LogP contribution in [0.25, 0.3) is 6.08 Å². The first-order chi connectivity index (χ1) is 13.5. The maximum Gasteiger partial charge on any atom is 0.352 e. The van der Waals surface area contributed by atoms with Gasteiger partial charge in [-0.1, -0.05) is 48.5 Å². The number of benzene rings is 3. The highest BCUT2D eigenvalue weighted by Crippen LogP contribution is 2.25. The predicted octanol–water partition coefficient (Wildman–Crippen LogP) is 4.64. The Morgan fingerprint density at radius 2 is 1.54 bits per heavy atom. The number of ether oxygens (including phenoxy) is 1. The summed E-state index contributed by atoms with van der Waals surface area (Å²) in [7, 11) is 0. The summed E-state index contributed by atoms with van der Waals surface area (Å²) in [4.78, 5) is 23.7. The quantitative estimate of drug-likeness (QED) is 0.617. The molecule has 3 rings (SSSR count). The van der Waals surface area contributed by atoms with Gasteiger partial charge in [-0.25, -0.2) is 4.79 Å². The molecular formula is C23H19NO4. The Balaban J connectivity index is 1.75. The van der Waals surface area contributed by atoms with Crippen molar-refractivity contribution in [3.8, 4) is 11.5 Å². The van der Waals surface area contributed by atoms with Crippen molar-refractivity contribution in [2.24, 2.45) is 0 Å². The zero-order chi connectivity index (χ0) is 19.9. The van der Waals surface area contributed by atoms with Gasteiger partial charge in [-0.05, 0) is 54.5 Å². The lowest BCUT2D eigenvalue weighted by Crippen LogP contribution is -2.27. The van der Waals surface area contributed by atoms with Crippen LogP contribution in [0, 0.1) is 6.92 Å². The number of nitrogens with one attached hydrogen (secondary N) is 1. The molecule has 2 N–H and O–H groups in total. The summed E-state index contributed by atoms with van der Waals surface area (Å²) in [5, 5.41) is 11.8. The largest absolute Gasteiger partial charge is 0.477 e. The van der Waals surface area contributed by atoms with Crippen LogP contribution in [-0.2, 0) is 4.79 Å². The maximum atomic E-state index is 12.2. The van der Waals surface area contributed by atoms with E-state index >= 15 is 0 Å². The molecule has 0 fully saturated rings. The Hall–Kier alpha value is -3.86. The molecule has 3 aromatic rings. The van der Waals surface area contributed by atoms with Crippen molar-refractivity contribution in [1.82, 2.24) is 5.32 Å². The second-order valence-electron chi connectivity index (χ2n) is 6.12. The summed E-state index contributed by atoms with van der Waals surface area (Å²) in [6.45, 7) is 1.96. The number of carboxylic acids is 1. The third-order valence-corrected chi connectivity index (χ3v) is 4.03. The molecule has 0 spiro atoms. The van der Waals surface area contributed by atoms with Gasteiger partial charge in [-0.15, -0.1) is 0 Å². The summed E-state index contributed by atoms with van der Waals surface area (Å²) in [6, 6.07) is 23.1. The molecule has 0 heterocycles. The minimum Gasteiger partial charge on any atom is -0.477 e. The Kier molecular flexibility index (Phi) is 5.87. The number of para-hydroxylation sites is 1. The molecule has 28 heavy (non-hydrogen) atoms. The number of rotatable bonds is 6. The van der Waals surface area contributed by atoms with Crippen molar-refractivity contribution in [2.45, 2.75) is 6.92 Å². The highest BCUT2D eigenvalue weighted by atomic mass is 16.5. The Morgan fingerprint density at radius 3 is 2.18 bits per heavy atom. The van der Waals surface area contributed by atoms with Gasteiger partial charge in [0.2, 0.25) is 0 Å². The van der Waals surface area contributed by atoms with E-state index in [1.165, 1.54) is 6.08 Å². The van der Waals surface area contributed by atoms with Gasteiger partial charge in [-0.3, -0.25) is 4.79 Å². The average Bonchev–Trinajstić information content (AvgIpc) is 2.71. The fourth-order valence-electron chi connectivity index (χ4n) is 2.53. The van der Waals surface area contributed by atoms with Crippen molar-refractivity contribution < 1.29 is 19.4 Å². The number of aliphatic carboxylic acids is 1. The van der Waals surface area contributed by atoms with E-state index < -0.39 is 11.9 Å². The Labute approximate surface area is 162 Å². The molecule has 1 amide bonds. The second kappa shape index (κ2) is 8.68. The molecule has 140 valence electrons. The standard InChI is InChI=1S/C23H19NO4/c1-16-7-5-6-10-21(16)28-19-13-11-17(12-14-19)15-20(23(26)27)24-22(25)18-8-3-2-4-9-18/h2-15H,1H3,(H,24,25)(H,26,27)/b20-15-. The third kappa shape index (κ3) is 4.86. The number of carbonyl (C=O) groups is 2. The van der Waals surface area contributed by atoms with Crippen LogP contribution in [0.15, 0.2) is 84.6 Å².